The average molecular weight is 246 g/mol. The van der Waals surface area contributed by atoms with Crippen LogP contribution in [0.5, 0.6) is 0 Å². The van der Waals surface area contributed by atoms with Gasteiger partial charge in [-0.2, -0.15) is 4.98 Å². The van der Waals surface area contributed by atoms with Crippen LogP contribution in [-0.2, 0) is 0 Å². The Kier molecular flexibility index (Phi) is 1.81. The second-order valence-corrected chi connectivity index (χ2v) is 3.67. The molecule has 2 aromatic rings. The van der Waals surface area contributed by atoms with E-state index >= 15 is 0 Å². The standard InChI is InChI=1S/C7H5BrClN3/c1-3-4(8)2-10-6-5(3)11-7(9)12-6/h2H,1H3,(H,10,11,12). The van der Waals surface area contributed by atoms with Gasteiger partial charge in [-0.1, -0.05) is 0 Å². The van der Waals surface area contributed by atoms with Crippen LogP contribution in [0.2, 0.25) is 5.28 Å². The third-order valence-corrected chi connectivity index (χ3v) is 2.67. The number of aryl methyl sites for hydroxylation is 1. The van der Waals surface area contributed by atoms with Gasteiger partial charge in [-0.15, -0.1) is 0 Å². The molecule has 3 nitrogen and oxygen atoms in total. The van der Waals surface area contributed by atoms with E-state index in [0.717, 1.165) is 15.6 Å². The summed E-state index contributed by atoms with van der Waals surface area (Å²) in [7, 11) is 0. The van der Waals surface area contributed by atoms with Crippen LogP contribution in [0, 0.1) is 6.92 Å². The SMILES string of the molecule is Cc1c(Br)cnc2nc(Cl)[nH]c12. The Morgan fingerprint density at radius 2 is 2.33 bits per heavy atom. The number of hydrogen-bond acceptors (Lipinski definition) is 2. The molecule has 2 rings (SSSR count). The molecule has 0 spiro atoms. The Bertz CT molecular complexity index is 437. The first-order valence-corrected chi connectivity index (χ1v) is 4.52. The van der Waals surface area contributed by atoms with Crippen LogP contribution in [-0.4, -0.2) is 15.0 Å². The molecule has 0 saturated carbocycles. The lowest BCUT2D eigenvalue weighted by atomic mass is 10.3. The molecule has 5 heteroatoms. The van der Waals surface area contributed by atoms with Gasteiger partial charge in [-0.05, 0) is 40.0 Å². The molecule has 0 aromatic carbocycles. The third-order valence-electron chi connectivity index (χ3n) is 1.69. The monoisotopic (exact) mass is 245 g/mol. The van der Waals surface area contributed by atoms with Gasteiger partial charge in [0.05, 0.1) is 5.52 Å². The zero-order valence-electron chi connectivity index (χ0n) is 6.23. The number of imidazole rings is 1. The number of pyridine rings is 1. The van der Waals surface area contributed by atoms with Crippen molar-refractivity contribution in [1.29, 1.82) is 0 Å². The topological polar surface area (TPSA) is 41.6 Å². The summed E-state index contributed by atoms with van der Waals surface area (Å²) in [6.45, 7) is 1.97. The smallest absolute Gasteiger partial charge is 0.202 e. The zero-order chi connectivity index (χ0) is 8.72. The van der Waals surface area contributed by atoms with Crippen LogP contribution in [0.25, 0.3) is 11.2 Å². The van der Waals surface area contributed by atoms with E-state index in [2.05, 4.69) is 30.9 Å². The molecule has 0 fully saturated rings. The first-order valence-electron chi connectivity index (χ1n) is 3.35. The minimum Gasteiger partial charge on any atom is -0.327 e. The summed E-state index contributed by atoms with van der Waals surface area (Å²) in [6, 6.07) is 0. The van der Waals surface area contributed by atoms with Crippen LogP contribution >= 0.6 is 27.5 Å². The maximum absolute atomic E-state index is 5.69. The number of aromatic amines is 1. The Hall–Kier alpha value is -0.610. The Morgan fingerprint density at radius 1 is 1.58 bits per heavy atom. The van der Waals surface area contributed by atoms with Crippen molar-refractivity contribution in [3.8, 4) is 0 Å². The summed E-state index contributed by atoms with van der Waals surface area (Å²) in [5, 5.41) is 0.374. The van der Waals surface area contributed by atoms with Crippen LogP contribution in [0.3, 0.4) is 0 Å². The van der Waals surface area contributed by atoms with Crippen molar-refractivity contribution in [2.24, 2.45) is 0 Å². The van der Waals surface area contributed by atoms with Gasteiger partial charge in [0.15, 0.2) is 5.65 Å². The number of rotatable bonds is 0. The minimum atomic E-state index is 0.374. The van der Waals surface area contributed by atoms with Crippen molar-refractivity contribution in [1.82, 2.24) is 15.0 Å². The van der Waals surface area contributed by atoms with E-state index < -0.39 is 0 Å². The van der Waals surface area contributed by atoms with Crippen molar-refractivity contribution >= 4 is 38.7 Å². The van der Waals surface area contributed by atoms with E-state index in [1.165, 1.54) is 0 Å². The van der Waals surface area contributed by atoms with Gasteiger partial charge >= 0.3 is 0 Å². The van der Waals surface area contributed by atoms with Crippen LogP contribution in [0.4, 0.5) is 0 Å². The van der Waals surface area contributed by atoms with Gasteiger partial charge in [0.1, 0.15) is 0 Å². The van der Waals surface area contributed by atoms with E-state index in [0.29, 0.717) is 10.9 Å². The van der Waals surface area contributed by atoms with Crippen molar-refractivity contribution in [2.45, 2.75) is 6.92 Å². The highest BCUT2D eigenvalue weighted by atomic mass is 79.9. The van der Waals surface area contributed by atoms with Crippen molar-refractivity contribution < 1.29 is 0 Å². The molecule has 0 aliphatic heterocycles. The van der Waals surface area contributed by atoms with Crippen LogP contribution in [0.1, 0.15) is 5.56 Å². The number of hydrogen-bond donors (Lipinski definition) is 1. The van der Waals surface area contributed by atoms with E-state index in [4.69, 9.17) is 11.6 Å². The number of H-pyrrole nitrogens is 1. The van der Waals surface area contributed by atoms with Gasteiger partial charge in [0.2, 0.25) is 5.28 Å². The molecular formula is C7H5BrClN3. The fourth-order valence-electron chi connectivity index (χ4n) is 1.02. The van der Waals surface area contributed by atoms with Crippen molar-refractivity contribution in [2.75, 3.05) is 0 Å². The van der Waals surface area contributed by atoms with E-state index in [1.54, 1.807) is 6.20 Å². The molecule has 0 saturated heterocycles. The van der Waals surface area contributed by atoms with Gasteiger partial charge in [-0.3, -0.25) is 0 Å². The lowest BCUT2D eigenvalue weighted by molar-refractivity contribution is 1.29. The molecule has 0 bridgehead atoms. The molecule has 2 aromatic heterocycles. The molecule has 12 heavy (non-hydrogen) atoms. The summed E-state index contributed by atoms with van der Waals surface area (Å²) in [5.41, 5.74) is 2.61. The minimum absolute atomic E-state index is 0.374. The number of halogens is 2. The number of fused-ring (bicyclic) bond motifs is 1. The Labute approximate surface area is 82.3 Å². The molecular weight excluding hydrogens is 241 g/mol. The fourth-order valence-corrected chi connectivity index (χ4v) is 1.50. The van der Waals surface area contributed by atoms with Crippen LogP contribution in [0.15, 0.2) is 10.7 Å². The molecule has 0 aliphatic rings. The van der Waals surface area contributed by atoms with Gasteiger partial charge in [-0.25, -0.2) is 4.98 Å². The maximum Gasteiger partial charge on any atom is 0.202 e. The van der Waals surface area contributed by atoms with Crippen molar-refractivity contribution in [3.63, 3.8) is 0 Å². The van der Waals surface area contributed by atoms with Gasteiger partial charge < -0.3 is 4.98 Å². The molecule has 1 N–H and O–H groups in total. The molecule has 0 atom stereocenters. The Balaban J connectivity index is 2.89. The number of aromatic nitrogens is 3. The lowest BCUT2D eigenvalue weighted by Gasteiger charge is -1.95. The predicted molar refractivity (Wildman–Crippen MR) is 51.3 cm³/mol. The normalized spacial score (nSPS) is 10.9. The summed E-state index contributed by atoms with van der Waals surface area (Å²) < 4.78 is 0.954. The molecule has 0 amide bonds. The molecule has 0 radical (unpaired) electrons. The van der Waals surface area contributed by atoms with Crippen LogP contribution < -0.4 is 0 Å². The number of nitrogens with one attached hydrogen (secondary N) is 1. The fraction of sp³-hybridized carbons (Fsp3) is 0.143. The first kappa shape index (κ1) is 8.01. The summed E-state index contributed by atoms with van der Waals surface area (Å²) >= 11 is 9.06. The molecule has 62 valence electrons. The van der Waals surface area contributed by atoms with Crippen molar-refractivity contribution in [3.05, 3.63) is 21.5 Å². The number of nitrogens with zero attached hydrogens (tertiary/aromatic N) is 2. The highest BCUT2D eigenvalue weighted by molar-refractivity contribution is 9.10. The Morgan fingerprint density at radius 3 is 3.08 bits per heavy atom. The largest absolute Gasteiger partial charge is 0.327 e. The second kappa shape index (κ2) is 2.71. The first-order chi connectivity index (χ1) is 5.68. The van der Waals surface area contributed by atoms with E-state index in [1.807, 2.05) is 6.92 Å². The van der Waals surface area contributed by atoms with E-state index in [-0.39, 0.29) is 0 Å². The molecule has 0 unspecified atom stereocenters. The lowest BCUT2D eigenvalue weighted by Crippen LogP contribution is -1.82. The third kappa shape index (κ3) is 1.11. The molecule has 0 aliphatic carbocycles. The van der Waals surface area contributed by atoms with Gasteiger partial charge in [0, 0.05) is 10.7 Å². The summed E-state index contributed by atoms with van der Waals surface area (Å²) in [4.78, 5) is 11.0. The maximum atomic E-state index is 5.69. The molecule has 2 heterocycles. The predicted octanol–water partition coefficient (Wildman–Crippen LogP) is 2.68. The quantitative estimate of drug-likeness (QED) is 0.776. The van der Waals surface area contributed by atoms with E-state index in [9.17, 15) is 0 Å². The highest BCUT2D eigenvalue weighted by Gasteiger charge is 2.06. The zero-order valence-corrected chi connectivity index (χ0v) is 8.57. The summed E-state index contributed by atoms with van der Waals surface area (Å²) in [5.74, 6) is 0. The highest BCUT2D eigenvalue weighted by Crippen LogP contribution is 2.22. The summed E-state index contributed by atoms with van der Waals surface area (Å²) in [6.07, 6.45) is 1.72. The average Bonchev–Trinajstić information content (AvgIpc) is 2.39. The second-order valence-electron chi connectivity index (χ2n) is 2.46. The van der Waals surface area contributed by atoms with Gasteiger partial charge in [0.25, 0.3) is 0 Å².